The Morgan fingerprint density at radius 2 is 2.10 bits per heavy atom. The summed E-state index contributed by atoms with van der Waals surface area (Å²) in [5, 5.41) is 0. The van der Waals surface area contributed by atoms with E-state index < -0.39 is 5.97 Å². The number of Topliss-reactive ketones (excluding diaryl/α,β-unsaturated/α-hetero) is 1. The van der Waals surface area contributed by atoms with Crippen molar-refractivity contribution in [2.75, 3.05) is 7.11 Å². The molecule has 10 heavy (non-hydrogen) atoms. The normalized spacial score (nSPS) is 8.00. The molecule has 0 heterocycles. The van der Waals surface area contributed by atoms with E-state index in [9.17, 15) is 9.59 Å². The number of rotatable bonds is 3. The standard InChI is InChI=1S/C7H8O3/c1-3-6(8)4-5-7(9)10-2/h1H,4-5H2,2H3. The van der Waals surface area contributed by atoms with Crippen LogP contribution in [0.25, 0.3) is 0 Å². The van der Waals surface area contributed by atoms with Gasteiger partial charge >= 0.3 is 5.97 Å². The first-order chi connectivity index (χ1) is 4.70. The van der Waals surface area contributed by atoms with Gasteiger partial charge in [-0.3, -0.25) is 9.59 Å². The highest BCUT2D eigenvalue weighted by atomic mass is 16.5. The predicted molar refractivity (Wildman–Crippen MR) is 35.1 cm³/mol. The van der Waals surface area contributed by atoms with Crippen LogP contribution in [0.1, 0.15) is 12.8 Å². The number of hydrogen-bond acceptors (Lipinski definition) is 3. The first kappa shape index (κ1) is 8.70. The van der Waals surface area contributed by atoms with Gasteiger partial charge in [-0.15, -0.1) is 6.42 Å². The third-order valence-electron chi connectivity index (χ3n) is 0.945. The quantitative estimate of drug-likeness (QED) is 0.318. The van der Waals surface area contributed by atoms with Crippen LogP contribution in [0.4, 0.5) is 0 Å². The number of carbonyl (C=O) groups excluding carboxylic acids is 2. The maximum Gasteiger partial charge on any atom is 0.305 e. The van der Waals surface area contributed by atoms with Gasteiger partial charge in [-0.05, 0) is 5.92 Å². The van der Waals surface area contributed by atoms with E-state index in [1.807, 2.05) is 5.92 Å². The topological polar surface area (TPSA) is 43.4 Å². The van der Waals surface area contributed by atoms with Crippen molar-refractivity contribution in [3.8, 4) is 12.3 Å². The van der Waals surface area contributed by atoms with Gasteiger partial charge in [-0.25, -0.2) is 0 Å². The Labute approximate surface area is 59.4 Å². The van der Waals surface area contributed by atoms with Crippen molar-refractivity contribution in [2.45, 2.75) is 12.8 Å². The third kappa shape index (κ3) is 3.67. The van der Waals surface area contributed by atoms with Gasteiger partial charge in [0.2, 0.25) is 5.78 Å². The van der Waals surface area contributed by atoms with Crippen LogP contribution < -0.4 is 0 Å². The molecule has 0 aromatic carbocycles. The molecular formula is C7H8O3. The Kier molecular flexibility index (Phi) is 3.97. The lowest BCUT2D eigenvalue weighted by Gasteiger charge is -1.93. The van der Waals surface area contributed by atoms with Gasteiger partial charge in [0.1, 0.15) is 0 Å². The Hall–Kier alpha value is -1.30. The van der Waals surface area contributed by atoms with E-state index in [0.717, 1.165) is 0 Å². The average Bonchev–Trinajstić information content (AvgIpc) is 1.99. The first-order valence-electron chi connectivity index (χ1n) is 2.77. The van der Waals surface area contributed by atoms with Crippen LogP contribution in [-0.2, 0) is 14.3 Å². The van der Waals surface area contributed by atoms with E-state index in [1.165, 1.54) is 7.11 Å². The van der Waals surface area contributed by atoms with Crippen LogP contribution in [0, 0.1) is 12.3 Å². The van der Waals surface area contributed by atoms with E-state index in [1.54, 1.807) is 0 Å². The van der Waals surface area contributed by atoms with Crippen LogP contribution in [0.15, 0.2) is 0 Å². The molecule has 0 radical (unpaired) electrons. The molecule has 0 aromatic heterocycles. The lowest BCUT2D eigenvalue weighted by Crippen LogP contribution is -2.03. The summed E-state index contributed by atoms with van der Waals surface area (Å²) in [5.41, 5.74) is 0. The molecule has 0 saturated heterocycles. The summed E-state index contributed by atoms with van der Waals surface area (Å²) in [4.78, 5) is 20.8. The lowest BCUT2D eigenvalue weighted by atomic mass is 10.2. The second-order valence-corrected chi connectivity index (χ2v) is 1.64. The molecule has 0 N–H and O–H groups in total. The molecule has 3 nitrogen and oxygen atoms in total. The average molecular weight is 140 g/mol. The molecule has 0 aliphatic carbocycles. The maximum absolute atomic E-state index is 10.4. The molecule has 3 heteroatoms. The Morgan fingerprint density at radius 3 is 2.50 bits per heavy atom. The van der Waals surface area contributed by atoms with E-state index in [0.29, 0.717) is 0 Å². The zero-order valence-corrected chi connectivity index (χ0v) is 5.72. The fraction of sp³-hybridized carbons (Fsp3) is 0.429. The van der Waals surface area contributed by atoms with Gasteiger partial charge in [0.05, 0.1) is 13.5 Å². The molecule has 54 valence electrons. The Morgan fingerprint density at radius 1 is 1.50 bits per heavy atom. The van der Waals surface area contributed by atoms with Gasteiger partial charge < -0.3 is 4.74 Å². The van der Waals surface area contributed by atoms with E-state index in [2.05, 4.69) is 4.74 Å². The summed E-state index contributed by atoms with van der Waals surface area (Å²) in [6.07, 6.45) is 4.89. The Bertz CT molecular complexity index is 176. The van der Waals surface area contributed by atoms with Crippen LogP contribution in [0.5, 0.6) is 0 Å². The van der Waals surface area contributed by atoms with Crippen molar-refractivity contribution in [1.29, 1.82) is 0 Å². The van der Waals surface area contributed by atoms with Crippen LogP contribution in [0.3, 0.4) is 0 Å². The number of methoxy groups -OCH3 is 1. The molecule has 0 saturated carbocycles. The van der Waals surface area contributed by atoms with E-state index in [4.69, 9.17) is 6.42 Å². The minimum atomic E-state index is -0.413. The fourth-order valence-corrected chi connectivity index (χ4v) is 0.390. The fourth-order valence-electron chi connectivity index (χ4n) is 0.390. The molecule has 0 aliphatic heterocycles. The molecule has 0 aliphatic rings. The van der Waals surface area contributed by atoms with Crippen LogP contribution in [-0.4, -0.2) is 18.9 Å². The summed E-state index contributed by atoms with van der Waals surface area (Å²) in [5.74, 6) is 1.11. The second kappa shape index (κ2) is 4.57. The van der Waals surface area contributed by atoms with Crippen molar-refractivity contribution in [2.24, 2.45) is 0 Å². The minimum Gasteiger partial charge on any atom is -0.469 e. The van der Waals surface area contributed by atoms with Crippen LogP contribution in [0.2, 0.25) is 0 Å². The molecule has 0 spiro atoms. The third-order valence-corrected chi connectivity index (χ3v) is 0.945. The number of terminal acetylenes is 1. The Balaban J connectivity index is 3.48. The zero-order chi connectivity index (χ0) is 7.98. The second-order valence-electron chi connectivity index (χ2n) is 1.64. The number of hydrogen-bond donors (Lipinski definition) is 0. The van der Waals surface area contributed by atoms with Gasteiger partial charge in [0, 0.05) is 6.42 Å². The highest BCUT2D eigenvalue weighted by Gasteiger charge is 2.02. The van der Waals surface area contributed by atoms with Gasteiger partial charge in [-0.2, -0.15) is 0 Å². The molecule has 0 aromatic rings. The van der Waals surface area contributed by atoms with Gasteiger partial charge in [-0.1, -0.05) is 0 Å². The number of esters is 1. The summed E-state index contributed by atoms with van der Waals surface area (Å²) in [7, 11) is 1.27. The molecule has 0 amide bonds. The predicted octanol–water partition coefficient (Wildman–Crippen LogP) is 0.142. The van der Waals surface area contributed by atoms with Crippen molar-refractivity contribution in [3.05, 3.63) is 0 Å². The SMILES string of the molecule is C#CC(=O)CCC(=O)OC. The van der Waals surface area contributed by atoms with Crippen molar-refractivity contribution < 1.29 is 14.3 Å². The molecule has 0 atom stereocenters. The van der Waals surface area contributed by atoms with Gasteiger partial charge in [0.15, 0.2) is 0 Å². The van der Waals surface area contributed by atoms with Crippen molar-refractivity contribution in [1.82, 2.24) is 0 Å². The molecular weight excluding hydrogens is 132 g/mol. The first-order valence-corrected chi connectivity index (χ1v) is 2.77. The molecule has 0 bridgehead atoms. The largest absolute Gasteiger partial charge is 0.469 e. The smallest absolute Gasteiger partial charge is 0.305 e. The minimum absolute atomic E-state index is 0.0690. The van der Waals surface area contributed by atoms with E-state index >= 15 is 0 Å². The summed E-state index contributed by atoms with van der Waals surface area (Å²) in [6.45, 7) is 0. The van der Waals surface area contributed by atoms with Crippen molar-refractivity contribution in [3.63, 3.8) is 0 Å². The van der Waals surface area contributed by atoms with Crippen LogP contribution >= 0.6 is 0 Å². The van der Waals surface area contributed by atoms with Gasteiger partial charge in [0.25, 0.3) is 0 Å². The lowest BCUT2D eigenvalue weighted by molar-refractivity contribution is -0.141. The molecule has 0 rings (SSSR count). The highest BCUT2D eigenvalue weighted by Crippen LogP contribution is 1.91. The zero-order valence-electron chi connectivity index (χ0n) is 5.72. The molecule has 0 unspecified atom stereocenters. The summed E-state index contributed by atoms with van der Waals surface area (Å²) >= 11 is 0. The molecule has 0 fully saturated rings. The van der Waals surface area contributed by atoms with Crippen molar-refractivity contribution >= 4 is 11.8 Å². The maximum atomic E-state index is 10.4. The summed E-state index contributed by atoms with van der Waals surface area (Å²) in [6, 6.07) is 0. The number of carbonyl (C=O) groups is 2. The highest BCUT2D eigenvalue weighted by molar-refractivity contribution is 5.96. The monoisotopic (exact) mass is 140 g/mol. The van der Waals surface area contributed by atoms with E-state index in [-0.39, 0.29) is 18.6 Å². The number of ketones is 1. The number of ether oxygens (including phenoxy) is 1. The summed E-state index contributed by atoms with van der Waals surface area (Å²) < 4.78 is 4.29.